The molecular formula is C26H21FN6O2. The summed E-state index contributed by atoms with van der Waals surface area (Å²) in [5.74, 6) is -0.271. The molecule has 3 aromatic heterocycles. The Bertz CT molecular complexity index is 1640. The van der Waals surface area contributed by atoms with Gasteiger partial charge >= 0.3 is 0 Å². The zero-order valence-electron chi connectivity index (χ0n) is 18.8. The average Bonchev–Trinajstić information content (AvgIpc) is 3.24. The molecule has 0 radical (unpaired) electrons. The van der Waals surface area contributed by atoms with Crippen LogP contribution in [0, 0.1) is 5.82 Å². The number of hydrogen-bond donors (Lipinski definition) is 2. The molecular weight excluding hydrogens is 447 g/mol. The third-order valence-electron chi connectivity index (χ3n) is 5.62. The summed E-state index contributed by atoms with van der Waals surface area (Å²) in [6.07, 6.45) is 4.98. The molecule has 0 saturated heterocycles. The van der Waals surface area contributed by atoms with Crippen LogP contribution in [-0.2, 0) is 13.6 Å². The molecule has 0 fully saturated rings. The molecule has 9 heteroatoms. The van der Waals surface area contributed by atoms with Gasteiger partial charge in [-0.3, -0.25) is 14.3 Å². The van der Waals surface area contributed by atoms with Crippen molar-refractivity contribution in [3.63, 3.8) is 0 Å². The van der Waals surface area contributed by atoms with Crippen molar-refractivity contribution in [1.29, 1.82) is 0 Å². The zero-order chi connectivity index (χ0) is 24.5. The van der Waals surface area contributed by atoms with Gasteiger partial charge in [-0.05, 0) is 70.6 Å². The van der Waals surface area contributed by atoms with E-state index in [4.69, 9.17) is 5.73 Å². The molecule has 0 aliphatic rings. The maximum Gasteiger partial charge on any atom is 0.258 e. The van der Waals surface area contributed by atoms with E-state index in [1.165, 1.54) is 10.6 Å². The first kappa shape index (κ1) is 22.0. The fourth-order valence-corrected chi connectivity index (χ4v) is 3.96. The van der Waals surface area contributed by atoms with E-state index in [0.29, 0.717) is 22.6 Å². The predicted octanol–water partition coefficient (Wildman–Crippen LogP) is 3.82. The molecule has 0 atom stereocenters. The Morgan fingerprint density at radius 2 is 1.86 bits per heavy atom. The van der Waals surface area contributed by atoms with Crippen LogP contribution in [0.25, 0.3) is 21.9 Å². The van der Waals surface area contributed by atoms with E-state index in [2.05, 4.69) is 15.4 Å². The molecule has 174 valence electrons. The highest BCUT2D eigenvalue weighted by Crippen LogP contribution is 2.24. The van der Waals surface area contributed by atoms with Gasteiger partial charge in [-0.2, -0.15) is 5.10 Å². The van der Waals surface area contributed by atoms with Crippen LogP contribution in [0.4, 0.5) is 16.0 Å². The molecule has 0 unspecified atom stereocenters. The van der Waals surface area contributed by atoms with Crippen LogP contribution in [0.3, 0.4) is 0 Å². The third kappa shape index (κ3) is 4.65. The van der Waals surface area contributed by atoms with Gasteiger partial charge in [0.1, 0.15) is 11.6 Å². The lowest BCUT2D eigenvalue weighted by Gasteiger charge is -2.11. The van der Waals surface area contributed by atoms with Gasteiger partial charge in [-0.15, -0.1) is 0 Å². The van der Waals surface area contributed by atoms with Gasteiger partial charge in [0.2, 0.25) is 0 Å². The summed E-state index contributed by atoms with van der Waals surface area (Å²) >= 11 is 0. The summed E-state index contributed by atoms with van der Waals surface area (Å²) in [7, 11) is 1.73. The van der Waals surface area contributed by atoms with Crippen LogP contribution in [0.2, 0.25) is 0 Å². The van der Waals surface area contributed by atoms with Gasteiger partial charge in [-0.25, -0.2) is 9.37 Å². The number of amides is 1. The van der Waals surface area contributed by atoms with Crippen LogP contribution in [0.1, 0.15) is 15.9 Å². The molecule has 0 bridgehead atoms. The van der Waals surface area contributed by atoms with Gasteiger partial charge in [0.25, 0.3) is 11.5 Å². The van der Waals surface area contributed by atoms with Gasteiger partial charge in [0.05, 0.1) is 6.54 Å². The van der Waals surface area contributed by atoms with Crippen molar-refractivity contribution in [1.82, 2.24) is 19.3 Å². The first-order chi connectivity index (χ1) is 16.9. The standard InChI is InChI=1S/C26H21FN6O2/c1-32-8-6-24(31-32)30-25(34)20-10-16(11-21(27)13-20)15-33-9-5-19-12-17(2-3-22(19)26(33)35)18-4-7-29-23(28)14-18/h2-14H,15H2,1H3,(H2,28,29)(H,30,31,34). The van der Waals surface area contributed by atoms with Crippen molar-refractivity contribution in [3.05, 3.63) is 107 Å². The second kappa shape index (κ2) is 8.86. The van der Waals surface area contributed by atoms with E-state index >= 15 is 0 Å². The smallest absolute Gasteiger partial charge is 0.258 e. The Morgan fingerprint density at radius 3 is 2.63 bits per heavy atom. The van der Waals surface area contributed by atoms with Crippen molar-refractivity contribution in [2.75, 3.05) is 11.1 Å². The quantitative estimate of drug-likeness (QED) is 0.408. The lowest BCUT2D eigenvalue weighted by molar-refractivity contribution is 0.102. The molecule has 1 amide bonds. The fourth-order valence-electron chi connectivity index (χ4n) is 3.96. The summed E-state index contributed by atoms with van der Waals surface area (Å²) in [5, 5.41) is 8.03. The highest BCUT2D eigenvalue weighted by atomic mass is 19.1. The van der Waals surface area contributed by atoms with E-state index in [0.717, 1.165) is 22.6 Å². The molecule has 8 nitrogen and oxygen atoms in total. The first-order valence-corrected chi connectivity index (χ1v) is 10.8. The summed E-state index contributed by atoms with van der Waals surface area (Å²) < 4.78 is 17.4. The van der Waals surface area contributed by atoms with Crippen LogP contribution in [0.15, 0.2) is 84.0 Å². The van der Waals surface area contributed by atoms with E-state index < -0.39 is 11.7 Å². The van der Waals surface area contributed by atoms with Crippen LogP contribution < -0.4 is 16.6 Å². The van der Waals surface area contributed by atoms with Crippen molar-refractivity contribution in [2.45, 2.75) is 6.54 Å². The molecule has 35 heavy (non-hydrogen) atoms. The molecule has 5 rings (SSSR count). The molecule has 5 aromatic rings. The topological polar surface area (TPSA) is 108 Å². The number of benzene rings is 2. The molecule has 0 saturated carbocycles. The number of halogens is 1. The number of nitrogens with one attached hydrogen (secondary N) is 1. The van der Waals surface area contributed by atoms with Crippen LogP contribution in [-0.4, -0.2) is 25.2 Å². The monoisotopic (exact) mass is 468 g/mol. The number of nitrogens with two attached hydrogens (primary N) is 1. The van der Waals surface area contributed by atoms with E-state index in [1.54, 1.807) is 54.6 Å². The van der Waals surface area contributed by atoms with Gasteiger partial charge in [-0.1, -0.05) is 6.07 Å². The van der Waals surface area contributed by atoms with Crippen molar-refractivity contribution >= 4 is 28.3 Å². The highest BCUT2D eigenvalue weighted by molar-refractivity contribution is 6.03. The second-order valence-corrected chi connectivity index (χ2v) is 8.20. The highest BCUT2D eigenvalue weighted by Gasteiger charge is 2.12. The number of nitrogens with zero attached hydrogens (tertiary/aromatic N) is 4. The van der Waals surface area contributed by atoms with E-state index in [1.807, 2.05) is 24.3 Å². The minimum atomic E-state index is -0.566. The maximum absolute atomic E-state index is 14.3. The Hall–Kier alpha value is -4.79. The number of aryl methyl sites for hydroxylation is 1. The third-order valence-corrected chi connectivity index (χ3v) is 5.62. The number of hydrogen-bond acceptors (Lipinski definition) is 5. The lowest BCUT2D eigenvalue weighted by atomic mass is 10.0. The normalized spacial score (nSPS) is 11.0. The molecule has 0 aliphatic heterocycles. The molecule has 0 aliphatic carbocycles. The maximum atomic E-state index is 14.3. The average molecular weight is 468 g/mol. The van der Waals surface area contributed by atoms with Crippen LogP contribution in [0.5, 0.6) is 0 Å². The van der Waals surface area contributed by atoms with Crippen LogP contribution >= 0.6 is 0 Å². The number of anilines is 2. The van der Waals surface area contributed by atoms with Gasteiger partial charge in [0.15, 0.2) is 5.82 Å². The minimum absolute atomic E-state index is 0.110. The Labute approximate surface area is 199 Å². The second-order valence-electron chi connectivity index (χ2n) is 8.20. The predicted molar refractivity (Wildman–Crippen MR) is 133 cm³/mol. The summed E-state index contributed by atoms with van der Waals surface area (Å²) in [5.41, 5.74) is 8.01. The van der Waals surface area contributed by atoms with Gasteiger partial charge < -0.3 is 15.6 Å². The minimum Gasteiger partial charge on any atom is -0.384 e. The summed E-state index contributed by atoms with van der Waals surface area (Å²) in [6, 6.07) is 16.7. The Morgan fingerprint density at radius 1 is 1.03 bits per heavy atom. The number of fused-ring (bicyclic) bond motifs is 1. The number of nitrogen functional groups attached to an aromatic ring is 1. The molecule has 3 heterocycles. The van der Waals surface area contributed by atoms with Crippen molar-refractivity contribution in [3.8, 4) is 11.1 Å². The fraction of sp³-hybridized carbons (Fsp3) is 0.0769. The summed E-state index contributed by atoms with van der Waals surface area (Å²) in [6.45, 7) is 0.110. The molecule has 0 spiro atoms. The SMILES string of the molecule is Cn1ccc(NC(=O)c2cc(F)cc(Cn3ccc4cc(-c5ccnc(N)c5)ccc4c3=O)c2)n1. The van der Waals surface area contributed by atoms with Crippen molar-refractivity contribution in [2.24, 2.45) is 7.05 Å². The number of rotatable bonds is 5. The number of aromatic nitrogens is 4. The van der Waals surface area contributed by atoms with E-state index in [-0.39, 0.29) is 17.7 Å². The summed E-state index contributed by atoms with van der Waals surface area (Å²) in [4.78, 5) is 29.7. The Balaban J connectivity index is 1.43. The van der Waals surface area contributed by atoms with E-state index in [9.17, 15) is 14.0 Å². The zero-order valence-corrected chi connectivity index (χ0v) is 18.8. The number of pyridine rings is 2. The Kier molecular flexibility index (Phi) is 5.58. The number of carbonyl (C=O) groups excluding carboxylic acids is 1. The number of carbonyl (C=O) groups is 1. The molecule has 2 aromatic carbocycles. The van der Waals surface area contributed by atoms with Gasteiger partial charge in [0, 0.05) is 42.7 Å². The first-order valence-electron chi connectivity index (χ1n) is 10.8. The largest absolute Gasteiger partial charge is 0.384 e. The lowest BCUT2D eigenvalue weighted by Crippen LogP contribution is -2.20. The van der Waals surface area contributed by atoms with Crippen molar-refractivity contribution < 1.29 is 9.18 Å². The molecule has 3 N–H and O–H groups in total.